The number of carbonyl (C=O) groups excluding carboxylic acids is 2. The van der Waals surface area contributed by atoms with Gasteiger partial charge in [-0.1, -0.05) is 0 Å². The monoisotopic (exact) mass is 358 g/mol. The van der Waals surface area contributed by atoms with Crippen LogP contribution >= 0.6 is 11.3 Å². The van der Waals surface area contributed by atoms with Crippen molar-refractivity contribution in [2.75, 3.05) is 13.2 Å². The number of aryl methyl sites for hydroxylation is 1. The maximum Gasteiger partial charge on any atom is 0.325 e. The van der Waals surface area contributed by atoms with E-state index < -0.39 is 0 Å². The Morgan fingerprint density at radius 3 is 2.72 bits per heavy atom. The van der Waals surface area contributed by atoms with Crippen LogP contribution in [-0.4, -0.2) is 29.6 Å². The molecule has 2 aromatic rings. The summed E-state index contributed by atoms with van der Waals surface area (Å²) in [6.45, 7) is 0.415. The number of nitrogens with one attached hydrogen (secondary N) is 1. The molecule has 4 rings (SSSR count). The van der Waals surface area contributed by atoms with Gasteiger partial charge in [0.25, 0.3) is 5.91 Å². The molecule has 2 aliphatic rings. The van der Waals surface area contributed by atoms with E-state index in [0.29, 0.717) is 12.5 Å². The van der Waals surface area contributed by atoms with Crippen LogP contribution in [0.15, 0.2) is 24.5 Å². The molecule has 5 nitrogen and oxygen atoms in total. The number of carbonyl (C=O) groups is 2. The molecule has 0 unspecified atom stereocenters. The van der Waals surface area contributed by atoms with Crippen LogP contribution < -0.4 is 5.32 Å². The fourth-order valence-electron chi connectivity index (χ4n) is 3.22. The van der Waals surface area contributed by atoms with Crippen LogP contribution in [0, 0.1) is 5.92 Å². The smallest absolute Gasteiger partial charge is 0.325 e. The number of thiophene rings is 1. The second kappa shape index (κ2) is 7.04. The van der Waals surface area contributed by atoms with E-state index in [4.69, 9.17) is 4.74 Å². The number of hydrogen-bond donors (Lipinski definition) is 1. The molecule has 1 saturated carbocycles. The van der Waals surface area contributed by atoms with E-state index in [1.807, 2.05) is 29.1 Å². The molecule has 0 aliphatic heterocycles. The number of amides is 1. The predicted molar refractivity (Wildman–Crippen MR) is 96.3 cm³/mol. The highest BCUT2D eigenvalue weighted by Crippen LogP contribution is 2.36. The lowest BCUT2D eigenvalue weighted by molar-refractivity contribution is -0.142. The van der Waals surface area contributed by atoms with E-state index in [-0.39, 0.29) is 18.4 Å². The highest BCUT2D eigenvalue weighted by molar-refractivity contribution is 7.15. The quantitative estimate of drug-likeness (QED) is 0.807. The molecule has 0 aromatic carbocycles. The summed E-state index contributed by atoms with van der Waals surface area (Å²) < 4.78 is 7.18. The number of fused-ring (bicyclic) bond motifs is 1. The van der Waals surface area contributed by atoms with E-state index in [2.05, 4.69) is 5.32 Å². The van der Waals surface area contributed by atoms with Crippen LogP contribution in [0.3, 0.4) is 0 Å². The van der Waals surface area contributed by atoms with Crippen LogP contribution in [0.2, 0.25) is 0 Å². The predicted octanol–water partition coefficient (Wildman–Crippen LogP) is 3.10. The van der Waals surface area contributed by atoms with Crippen LogP contribution in [0.25, 0.3) is 5.00 Å². The highest BCUT2D eigenvalue weighted by Gasteiger charge is 2.27. The summed E-state index contributed by atoms with van der Waals surface area (Å²) in [7, 11) is 0. The summed E-state index contributed by atoms with van der Waals surface area (Å²) >= 11 is 1.69. The van der Waals surface area contributed by atoms with E-state index in [1.54, 1.807) is 11.3 Å². The Labute approximate surface area is 151 Å². The lowest BCUT2D eigenvalue weighted by Crippen LogP contribution is -2.32. The lowest BCUT2D eigenvalue weighted by atomic mass is 9.95. The molecule has 0 radical (unpaired) electrons. The Balaban J connectivity index is 1.50. The van der Waals surface area contributed by atoms with Gasteiger partial charge in [0.2, 0.25) is 0 Å². The number of aromatic nitrogens is 1. The number of esters is 1. The maximum atomic E-state index is 12.8. The SMILES string of the molecule is O=C(CNC(=O)c1c(-n2cccc2)sc2c1CCCC2)OCC1CC1. The van der Waals surface area contributed by atoms with Crippen LogP contribution in [0.5, 0.6) is 0 Å². The molecule has 6 heteroatoms. The lowest BCUT2D eigenvalue weighted by Gasteiger charge is -2.13. The van der Waals surface area contributed by atoms with Crippen molar-refractivity contribution in [2.45, 2.75) is 38.5 Å². The molecule has 1 N–H and O–H groups in total. The van der Waals surface area contributed by atoms with Crippen molar-refractivity contribution in [1.29, 1.82) is 0 Å². The molecule has 0 spiro atoms. The van der Waals surface area contributed by atoms with Crippen molar-refractivity contribution in [3.05, 3.63) is 40.5 Å². The highest BCUT2D eigenvalue weighted by atomic mass is 32.1. The zero-order chi connectivity index (χ0) is 17.2. The second-order valence-electron chi connectivity index (χ2n) is 6.79. The van der Waals surface area contributed by atoms with Gasteiger partial charge in [0.05, 0.1) is 12.2 Å². The van der Waals surface area contributed by atoms with Gasteiger partial charge in [-0.2, -0.15) is 0 Å². The van der Waals surface area contributed by atoms with Crippen LogP contribution in [-0.2, 0) is 22.4 Å². The van der Waals surface area contributed by atoms with Crippen molar-refractivity contribution in [1.82, 2.24) is 9.88 Å². The van der Waals surface area contributed by atoms with Crippen molar-refractivity contribution < 1.29 is 14.3 Å². The minimum atomic E-state index is -0.355. The Hall–Kier alpha value is -2.08. The fraction of sp³-hybridized carbons (Fsp3) is 0.474. The Bertz CT molecular complexity index is 775. The Kier molecular flexibility index (Phi) is 4.61. The Morgan fingerprint density at radius 1 is 1.20 bits per heavy atom. The first-order valence-electron chi connectivity index (χ1n) is 8.94. The topological polar surface area (TPSA) is 60.3 Å². The van der Waals surface area contributed by atoms with Crippen LogP contribution in [0.1, 0.15) is 46.5 Å². The molecule has 0 saturated heterocycles. The van der Waals surface area contributed by atoms with E-state index in [9.17, 15) is 9.59 Å². The van der Waals surface area contributed by atoms with E-state index >= 15 is 0 Å². The first-order chi connectivity index (χ1) is 12.2. The Morgan fingerprint density at radius 2 is 1.96 bits per heavy atom. The normalized spacial score (nSPS) is 16.3. The van der Waals surface area contributed by atoms with Gasteiger partial charge in [-0.05, 0) is 62.1 Å². The summed E-state index contributed by atoms with van der Waals surface area (Å²) in [4.78, 5) is 25.9. The molecule has 0 bridgehead atoms. The van der Waals surface area contributed by atoms with E-state index in [0.717, 1.165) is 48.2 Å². The van der Waals surface area contributed by atoms with Crippen LogP contribution in [0.4, 0.5) is 0 Å². The van der Waals surface area contributed by atoms with Gasteiger partial charge in [0.15, 0.2) is 0 Å². The molecular formula is C19H22N2O3S. The summed E-state index contributed by atoms with van der Waals surface area (Å²) in [5.41, 5.74) is 1.88. The molecule has 2 heterocycles. The third-order valence-corrected chi connectivity index (χ3v) is 6.09. The van der Waals surface area contributed by atoms with Gasteiger partial charge in [0.1, 0.15) is 11.5 Å². The van der Waals surface area contributed by atoms with Gasteiger partial charge in [-0.15, -0.1) is 11.3 Å². The standard InChI is InChI=1S/C19H22N2O3S/c22-16(24-12-13-7-8-13)11-20-18(23)17-14-5-1-2-6-15(14)25-19(17)21-9-3-4-10-21/h3-4,9-10,13H,1-2,5-8,11-12H2,(H,20,23). The van der Waals surface area contributed by atoms with Crippen molar-refractivity contribution in [3.8, 4) is 5.00 Å². The largest absolute Gasteiger partial charge is 0.464 e. The average molecular weight is 358 g/mol. The summed E-state index contributed by atoms with van der Waals surface area (Å²) in [5, 5.41) is 3.71. The van der Waals surface area contributed by atoms with Crippen molar-refractivity contribution in [2.24, 2.45) is 5.92 Å². The molecule has 2 aliphatic carbocycles. The first-order valence-corrected chi connectivity index (χ1v) is 9.75. The van der Waals surface area contributed by atoms with Gasteiger partial charge >= 0.3 is 5.97 Å². The number of nitrogens with zero attached hydrogens (tertiary/aromatic N) is 1. The fourth-order valence-corrected chi connectivity index (χ4v) is 4.58. The first kappa shape index (κ1) is 16.4. The van der Waals surface area contributed by atoms with Crippen molar-refractivity contribution in [3.63, 3.8) is 0 Å². The minimum Gasteiger partial charge on any atom is -0.464 e. The van der Waals surface area contributed by atoms with E-state index in [1.165, 1.54) is 11.3 Å². The van der Waals surface area contributed by atoms with Gasteiger partial charge in [0, 0.05) is 17.3 Å². The summed E-state index contributed by atoms with van der Waals surface area (Å²) in [6.07, 6.45) is 10.4. The number of ether oxygens (including phenoxy) is 1. The third kappa shape index (κ3) is 3.63. The minimum absolute atomic E-state index is 0.0682. The zero-order valence-corrected chi connectivity index (χ0v) is 14.9. The van der Waals surface area contributed by atoms with Gasteiger partial charge < -0.3 is 14.6 Å². The average Bonchev–Trinajstić information content (AvgIpc) is 3.15. The summed E-state index contributed by atoms with van der Waals surface area (Å²) in [5.74, 6) is 0.00206. The molecule has 1 fully saturated rings. The zero-order valence-electron chi connectivity index (χ0n) is 14.1. The second-order valence-corrected chi connectivity index (χ2v) is 7.87. The van der Waals surface area contributed by atoms with Gasteiger partial charge in [-0.3, -0.25) is 9.59 Å². The third-order valence-electron chi connectivity index (χ3n) is 4.79. The van der Waals surface area contributed by atoms with Gasteiger partial charge in [-0.25, -0.2) is 0 Å². The number of hydrogen-bond acceptors (Lipinski definition) is 4. The summed E-state index contributed by atoms with van der Waals surface area (Å²) in [6, 6.07) is 3.91. The molecule has 2 aromatic heterocycles. The molecule has 132 valence electrons. The molecule has 25 heavy (non-hydrogen) atoms. The number of rotatable bonds is 6. The molecular weight excluding hydrogens is 336 g/mol. The molecule has 0 atom stereocenters. The maximum absolute atomic E-state index is 12.8. The molecule has 1 amide bonds. The van der Waals surface area contributed by atoms with Crippen molar-refractivity contribution >= 4 is 23.2 Å².